The molecule has 15 heavy (non-hydrogen) atoms. The fourth-order valence-corrected chi connectivity index (χ4v) is 2.43. The molecule has 0 bridgehead atoms. The second-order valence-electron chi connectivity index (χ2n) is 4.69. The average Bonchev–Trinajstić information content (AvgIpc) is 3.09. The summed E-state index contributed by atoms with van der Waals surface area (Å²) in [5.74, 6) is 0. The van der Waals surface area contributed by atoms with Gasteiger partial charge in [-0.3, -0.25) is 4.90 Å². The van der Waals surface area contributed by atoms with Gasteiger partial charge < -0.3 is 5.32 Å². The number of rotatable bonds is 5. The van der Waals surface area contributed by atoms with Crippen LogP contribution >= 0.6 is 11.6 Å². The summed E-state index contributed by atoms with van der Waals surface area (Å²) in [6, 6.07) is 1.55. The zero-order chi connectivity index (χ0) is 10.5. The van der Waals surface area contributed by atoms with Gasteiger partial charge in [0.2, 0.25) is 0 Å². The van der Waals surface area contributed by atoms with Crippen LogP contribution in [0.25, 0.3) is 0 Å². The van der Waals surface area contributed by atoms with Crippen molar-refractivity contribution in [1.82, 2.24) is 10.2 Å². The smallest absolute Gasteiger partial charge is 0.0195 e. The Bertz CT molecular complexity index is 208. The van der Waals surface area contributed by atoms with Gasteiger partial charge in [-0.05, 0) is 32.2 Å². The molecule has 1 unspecified atom stereocenters. The van der Waals surface area contributed by atoms with Crippen LogP contribution in [0.15, 0.2) is 11.6 Å². The van der Waals surface area contributed by atoms with Crippen molar-refractivity contribution in [1.29, 1.82) is 0 Å². The molecule has 0 amide bonds. The lowest BCUT2D eigenvalue weighted by Gasteiger charge is -2.30. The van der Waals surface area contributed by atoms with Crippen LogP contribution in [-0.2, 0) is 0 Å². The second kappa shape index (κ2) is 5.88. The lowest BCUT2D eigenvalue weighted by molar-refractivity contribution is 0.234. The third kappa shape index (κ3) is 3.78. The summed E-state index contributed by atoms with van der Waals surface area (Å²) in [4.78, 5) is 2.57. The molecule has 2 aliphatic rings. The van der Waals surface area contributed by atoms with Gasteiger partial charge in [-0.1, -0.05) is 24.1 Å². The Morgan fingerprint density at radius 1 is 1.27 bits per heavy atom. The topological polar surface area (TPSA) is 15.3 Å². The van der Waals surface area contributed by atoms with E-state index in [0.717, 1.165) is 12.6 Å². The fraction of sp³-hybridized carbons (Fsp3) is 0.833. The summed E-state index contributed by atoms with van der Waals surface area (Å²) in [7, 11) is 0. The maximum Gasteiger partial charge on any atom is 0.0195 e. The van der Waals surface area contributed by atoms with Gasteiger partial charge in [0.15, 0.2) is 0 Å². The maximum atomic E-state index is 5.59. The van der Waals surface area contributed by atoms with Crippen molar-refractivity contribution in [2.45, 2.75) is 44.2 Å². The number of nitrogens with zero attached hydrogens (tertiary/aromatic N) is 1. The van der Waals surface area contributed by atoms with Crippen LogP contribution in [-0.4, -0.2) is 36.6 Å². The molecule has 1 N–H and O–H groups in total. The third-order valence-electron chi connectivity index (χ3n) is 3.36. The molecule has 1 aliphatic heterocycles. The second-order valence-corrected chi connectivity index (χ2v) is 4.95. The summed E-state index contributed by atoms with van der Waals surface area (Å²) in [6.45, 7) is 3.42. The van der Waals surface area contributed by atoms with E-state index in [1.54, 1.807) is 5.54 Å². The predicted octanol–water partition coefficient (Wildman–Crippen LogP) is 2.35. The Kier molecular flexibility index (Phi) is 4.48. The molecule has 1 atom stereocenters. The summed E-state index contributed by atoms with van der Waals surface area (Å²) in [5, 5.41) is 3.61. The van der Waals surface area contributed by atoms with E-state index in [9.17, 15) is 0 Å². The minimum Gasteiger partial charge on any atom is -0.313 e. The summed E-state index contributed by atoms with van der Waals surface area (Å²) >= 11 is 5.59. The summed E-state index contributed by atoms with van der Waals surface area (Å²) < 4.78 is 0. The van der Waals surface area contributed by atoms with E-state index in [4.69, 9.17) is 11.6 Å². The number of halogens is 1. The van der Waals surface area contributed by atoms with Crippen LogP contribution in [0, 0.1) is 0 Å². The highest BCUT2D eigenvalue weighted by Crippen LogP contribution is 2.27. The Morgan fingerprint density at radius 3 is 2.73 bits per heavy atom. The van der Waals surface area contributed by atoms with Gasteiger partial charge in [-0.25, -0.2) is 0 Å². The van der Waals surface area contributed by atoms with E-state index in [2.05, 4.69) is 16.3 Å². The van der Waals surface area contributed by atoms with Gasteiger partial charge in [0.1, 0.15) is 0 Å². The highest BCUT2D eigenvalue weighted by atomic mass is 35.5. The fourth-order valence-electron chi connectivity index (χ4n) is 2.35. The lowest BCUT2D eigenvalue weighted by atomic mass is 10.0. The van der Waals surface area contributed by atoms with E-state index in [0.29, 0.717) is 6.04 Å². The molecule has 1 saturated carbocycles. The maximum absolute atomic E-state index is 5.59. The first-order valence-corrected chi connectivity index (χ1v) is 6.56. The van der Waals surface area contributed by atoms with Crippen molar-refractivity contribution in [2.24, 2.45) is 0 Å². The van der Waals surface area contributed by atoms with Gasteiger partial charge in [0, 0.05) is 30.7 Å². The van der Waals surface area contributed by atoms with Crippen molar-refractivity contribution in [3.63, 3.8) is 0 Å². The van der Waals surface area contributed by atoms with Crippen molar-refractivity contribution in [2.75, 3.05) is 19.6 Å². The van der Waals surface area contributed by atoms with Gasteiger partial charge in [0.25, 0.3) is 0 Å². The first kappa shape index (κ1) is 11.4. The number of hydrogen-bond donors (Lipinski definition) is 1. The lowest BCUT2D eigenvalue weighted by Crippen LogP contribution is -2.44. The molecule has 1 aliphatic carbocycles. The molecule has 0 spiro atoms. The monoisotopic (exact) mass is 228 g/mol. The largest absolute Gasteiger partial charge is 0.313 e. The van der Waals surface area contributed by atoms with Crippen molar-refractivity contribution < 1.29 is 0 Å². The molecule has 0 aromatic rings. The van der Waals surface area contributed by atoms with Crippen LogP contribution < -0.4 is 5.32 Å². The van der Waals surface area contributed by atoms with E-state index in [1.165, 1.54) is 45.2 Å². The van der Waals surface area contributed by atoms with Crippen LogP contribution in [0.1, 0.15) is 32.1 Å². The normalized spacial score (nSPS) is 27.7. The number of piperidine rings is 1. The predicted molar refractivity (Wildman–Crippen MR) is 65.2 cm³/mol. The van der Waals surface area contributed by atoms with Crippen LogP contribution in [0.3, 0.4) is 0 Å². The molecule has 2 nitrogen and oxygen atoms in total. The van der Waals surface area contributed by atoms with Crippen LogP contribution in [0.5, 0.6) is 0 Å². The van der Waals surface area contributed by atoms with Gasteiger partial charge in [0.05, 0.1) is 0 Å². The van der Waals surface area contributed by atoms with Gasteiger partial charge in [-0.2, -0.15) is 0 Å². The molecule has 0 radical (unpaired) electrons. The van der Waals surface area contributed by atoms with Crippen LogP contribution in [0.4, 0.5) is 0 Å². The number of hydrogen-bond acceptors (Lipinski definition) is 2. The van der Waals surface area contributed by atoms with E-state index < -0.39 is 0 Å². The van der Waals surface area contributed by atoms with Crippen molar-refractivity contribution in [3.8, 4) is 0 Å². The van der Waals surface area contributed by atoms with Gasteiger partial charge >= 0.3 is 0 Å². The molecule has 2 fully saturated rings. The number of nitrogens with one attached hydrogen (secondary N) is 1. The highest BCUT2D eigenvalue weighted by molar-refractivity contribution is 6.25. The van der Waals surface area contributed by atoms with Crippen molar-refractivity contribution in [3.05, 3.63) is 11.6 Å². The first-order chi connectivity index (χ1) is 7.40. The first-order valence-electron chi connectivity index (χ1n) is 6.13. The van der Waals surface area contributed by atoms with E-state index in [-0.39, 0.29) is 0 Å². The minimum atomic E-state index is 0.711. The Labute approximate surface area is 97.7 Å². The summed E-state index contributed by atoms with van der Waals surface area (Å²) in [5.41, 5.74) is 1.64. The van der Waals surface area contributed by atoms with Crippen molar-refractivity contribution >= 4 is 11.6 Å². The average molecular weight is 229 g/mol. The van der Waals surface area contributed by atoms with E-state index >= 15 is 0 Å². The zero-order valence-electron chi connectivity index (χ0n) is 9.29. The molecular formula is C12H21ClN2. The Balaban J connectivity index is 1.76. The molecule has 3 heteroatoms. The standard InChI is InChI=1S/C12H21ClN2/c13-7-3-9-15(12-5-6-12)10-11-4-1-2-8-14-11/h3,7,11-12,14H,1-2,4-6,8-10H2/b7-3+. The Morgan fingerprint density at radius 2 is 2.13 bits per heavy atom. The molecule has 0 aromatic carbocycles. The van der Waals surface area contributed by atoms with E-state index in [1.807, 2.05) is 0 Å². The third-order valence-corrected chi connectivity index (χ3v) is 3.54. The van der Waals surface area contributed by atoms with Gasteiger partial charge in [-0.15, -0.1) is 0 Å². The highest BCUT2D eigenvalue weighted by Gasteiger charge is 2.29. The molecule has 1 heterocycles. The summed E-state index contributed by atoms with van der Waals surface area (Å²) in [6.07, 6.45) is 8.89. The quantitative estimate of drug-likeness (QED) is 0.777. The zero-order valence-corrected chi connectivity index (χ0v) is 10.0. The minimum absolute atomic E-state index is 0.711. The molecule has 86 valence electrons. The molecular weight excluding hydrogens is 208 g/mol. The molecule has 0 aromatic heterocycles. The van der Waals surface area contributed by atoms with Crippen LogP contribution in [0.2, 0.25) is 0 Å². The molecule has 2 rings (SSSR count). The Hall–Kier alpha value is -0.0500. The SMILES string of the molecule is Cl/C=C/CN(CC1CCCCN1)C1CC1. The molecule has 1 saturated heterocycles.